The summed E-state index contributed by atoms with van der Waals surface area (Å²) in [5, 5.41) is 8.63. The Bertz CT molecular complexity index is 2200. The molecule has 4 N–H and O–H groups in total. The summed E-state index contributed by atoms with van der Waals surface area (Å²) in [6.45, 7) is 1.62. The molecule has 2 saturated carbocycles. The molecule has 4 aromatic rings. The Labute approximate surface area is 297 Å². The Morgan fingerprint density at radius 1 is 1.02 bits per heavy atom. The normalized spacial score (nSPS) is 26.8. The molecule has 3 aromatic carbocycles. The molecule has 252 valence electrons. The van der Waals surface area contributed by atoms with Gasteiger partial charge < -0.3 is 15.0 Å². The number of hydrogen-bond acceptors (Lipinski definition) is 9. The highest BCUT2D eigenvalue weighted by atomic mass is 79.9. The Kier molecular flexibility index (Phi) is 7.90. The number of sulfonamides is 1. The lowest BCUT2D eigenvalue weighted by atomic mass is 9.68. The number of benzene rings is 3. The number of amides is 3. The minimum Gasteiger partial charge on any atom is -0.483 e. The fourth-order valence-corrected chi connectivity index (χ4v) is 12.0. The molecule has 1 aromatic heterocycles. The number of aryl methyl sites for hydroxylation is 1. The number of nitrogens with one attached hydrogen (secondary N) is 2. The van der Waals surface area contributed by atoms with E-state index in [1.165, 1.54) is 29.2 Å². The zero-order chi connectivity index (χ0) is 34.4. The van der Waals surface area contributed by atoms with Crippen LogP contribution in [0.15, 0.2) is 85.9 Å². The third kappa shape index (κ3) is 5.46. The van der Waals surface area contributed by atoms with Crippen molar-refractivity contribution in [3.05, 3.63) is 96.9 Å². The van der Waals surface area contributed by atoms with Gasteiger partial charge in [-0.05, 0) is 85.7 Å². The standard InChI is InChI=1S/C34H29BrN4O7S3/c1-15-2-7-18(8-3-15)39-32(41)27-21-13-22(28(27)33(39)42)29-26(21)25(30-31(47-29)38-34(43)48-30)20-12-16(35)4-11-23(20)46-14-24(40)37-17-5-9-19(10-6-17)49(36,44)45/h2-12,21-22,25-29H,13-14H2,1H3,(H,37,40)(H,38,43)(H2,36,44,45)/t21-,22-,25+,26-,27+,28+,29-/m1/s1. The average Bonchev–Trinajstić information content (AvgIpc) is 3.79. The van der Waals surface area contributed by atoms with E-state index in [4.69, 9.17) is 9.88 Å². The number of nitrogens with zero attached hydrogens (tertiary/aromatic N) is 1. The number of aromatic nitrogens is 1. The van der Waals surface area contributed by atoms with Gasteiger partial charge in [-0.25, -0.2) is 13.6 Å². The highest BCUT2D eigenvalue weighted by Gasteiger charge is 2.69. The van der Waals surface area contributed by atoms with Gasteiger partial charge in [-0.1, -0.05) is 45.0 Å². The van der Waals surface area contributed by atoms with Crippen LogP contribution < -0.4 is 25.0 Å². The number of carbonyl (C=O) groups is 3. The van der Waals surface area contributed by atoms with Crippen molar-refractivity contribution in [1.29, 1.82) is 0 Å². The molecule has 11 nitrogen and oxygen atoms in total. The molecule has 49 heavy (non-hydrogen) atoms. The molecular weight excluding hydrogens is 752 g/mol. The molecular formula is C34H29BrN4O7S3. The molecule has 7 atom stereocenters. The molecule has 0 unspecified atom stereocenters. The van der Waals surface area contributed by atoms with Crippen LogP contribution in [0.2, 0.25) is 0 Å². The van der Waals surface area contributed by atoms with Gasteiger partial charge in [0.15, 0.2) is 6.61 Å². The van der Waals surface area contributed by atoms with Crippen LogP contribution in [0.4, 0.5) is 11.4 Å². The summed E-state index contributed by atoms with van der Waals surface area (Å²) >= 11 is 6.35. The Morgan fingerprint density at radius 2 is 1.71 bits per heavy atom. The maximum absolute atomic E-state index is 14.1. The fraction of sp³-hybridized carbons (Fsp3) is 0.294. The number of H-pyrrole nitrogens is 1. The van der Waals surface area contributed by atoms with Crippen molar-refractivity contribution in [2.45, 2.75) is 34.4 Å². The van der Waals surface area contributed by atoms with E-state index in [1.807, 2.05) is 43.3 Å². The van der Waals surface area contributed by atoms with E-state index in [9.17, 15) is 27.6 Å². The lowest BCUT2D eigenvalue weighted by molar-refractivity contribution is -0.123. The lowest BCUT2D eigenvalue weighted by Crippen LogP contribution is -2.42. The largest absolute Gasteiger partial charge is 0.483 e. The molecule has 3 fully saturated rings. The van der Waals surface area contributed by atoms with E-state index < -0.39 is 27.8 Å². The quantitative estimate of drug-likeness (QED) is 0.224. The number of nitrogens with two attached hydrogens (primary N) is 1. The van der Waals surface area contributed by atoms with Crippen molar-refractivity contribution in [3.63, 3.8) is 0 Å². The Morgan fingerprint density at radius 3 is 2.41 bits per heavy atom. The topological polar surface area (TPSA) is 169 Å². The van der Waals surface area contributed by atoms with Gasteiger partial charge in [0.2, 0.25) is 21.8 Å². The predicted octanol–water partition coefficient (Wildman–Crippen LogP) is 4.85. The highest BCUT2D eigenvalue weighted by molar-refractivity contribution is 9.10. The van der Waals surface area contributed by atoms with Crippen molar-refractivity contribution < 1.29 is 27.5 Å². The number of carbonyl (C=O) groups excluding carboxylic acids is 3. The summed E-state index contributed by atoms with van der Waals surface area (Å²) in [5.41, 5.74) is 2.78. The van der Waals surface area contributed by atoms with Gasteiger partial charge in [0.1, 0.15) is 5.75 Å². The second-order valence-electron chi connectivity index (χ2n) is 12.9. The highest BCUT2D eigenvalue weighted by Crippen LogP contribution is 2.69. The van der Waals surface area contributed by atoms with E-state index in [0.29, 0.717) is 17.1 Å². The van der Waals surface area contributed by atoms with Crippen LogP contribution in [-0.4, -0.2) is 43.0 Å². The first kappa shape index (κ1) is 32.4. The SMILES string of the molecule is Cc1ccc(N2C(=O)[C@H]3[C@H]4C[C@@H]([C@@H]3C2=O)[C@@H]2[C@H](c3cc(Br)ccc3OCC(=O)Nc3ccc(S(N)(=O)=O)cc3)c3sc(=O)[nH]c3S[C@H]42)cc1. The van der Waals surface area contributed by atoms with Crippen LogP contribution in [0, 0.1) is 36.5 Å². The molecule has 0 spiro atoms. The van der Waals surface area contributed by atoms with Crippen LogP contribution in [0.3, 0.4) is 0 Å². The van der Waals surface area contributed by atoms with Gasteiger partial charge >= 0.3 is 4.87 Å². The van der Waals surface area contributed by atoms with Crippen molar-refractivity contribution in [3.8, 4) is 5.75 Å². The van der Waals surface area contributed by atoms with Gasteiger partial charge in [0.25, 0.3) is 5.91 Å². The summed E-state index contributed by atoms with van der Waals surface area (Å²) in [4.78, 5) is 58.7. The third-order valence-electron chi connectivity index (χ3n) is 10.1. The minimum atomic E-state index is -3.87. The number of primary sulfonamides is 1. The monoisotopic (exact) mass is 780 g/mol. The minimum absolute atomic E-state index is 0.0147. The lowest BCUT2D eigenvalue weighted by Gasteiger charge is -2.43. The van der Waals surface area contributed by atoms with Crippen LogP contribution in [0.25, 0.3) is 0 Å². The molecule has 8 rings (SSSR count). The molecule has 2 aliphatic carbocycles. The zero-order valence-corrected chi connectivity index (χ0v) is 29.8. The van der Waals surface area contributed by atoms with E-state index in [2.05, 4.69) is 26.2 Å². The second-order valence-corrected chi connectivity index (χ2v) is 17.6. The number of thiazole rings is 1. The zero-order valence-electron chi connectivity index (χ0n) is 25.8. The summed E-state index contributed by atoms with van der Waals surface area (Å²) in [6, 6.07) is 18.5. The number of rotatable bonds is 7. The number of hydrogen-bond donors (Lipinski definition) is 3. The van der Waals surface area contributed by atoms with Gasteiger partial charge in [0.05, 0.1) is 27.4 Å². The molecule has 3 amide bonds. The van der Waals surface area contributed by atoms with Crippen LogP contribution in [-0.2, 0) is 24.4 Å². The first-order chi connectivity index (χ1) is 23.4. The molecule has 1 saturated heterocycles. The maximum atomic E-state index is 14.1. The maximum Gasteiger partial charge on any atom is 0.305 e. The van der Waals surface area contributed by atoms with Crippen LogP contribution >= 0.6 is 39.0 Å². The van der Waals surface area contributed by atoms with Crippen molar-refractivity contribution >= 4 is 78.1 Å². The number of halogens is 1. The van der Waals surface area contributed by atoms with Gasteiger partial charge in [-0.2, -0.15) is 0 Å². The van der Waals surface area contributed by atoms with Crippen LogP contribution in [0.5, 0.6) is 5.75 Å². The third-order valence-corrected chi connectivity index (χ3v) is 14.2. The van der Waals surface area contributed by atoms with Crippen molar-refractivity contribution in [2.24, 2.45) is 34.7 Å². The Balaban J connectivity index is 1.11. The fourth-order valence-electron chi connectivity index (χ4n) is 8.28. The average molecular weight is 782 g/mol. The number of anilines is 2. The smallest absolute Gasteiger partial charge is 0.305 e. The molecule has 0 radical (unpaired) electrons. The summed E-state index contributed by atoms with van der Waals surface area (Å²) in [5.74, 6) is -1.71. The van der Waals surface area contributed by atoms with Gasteiger partial charge in [-0.3, -0.25) is 24.1 Å². The van der Waals surface area contributed by atoms with Crippen molar-refractivity contribution in [1.82, 2.24) is 4.98 Å². The molecule has 15 heteroatoms. The van der Waals surface area contributed by atoms with Crippen molar-refractivity contribution in [2.75, 3.05) is 16.8 Å². The summed E-state index contributed by atoms with van der Waals surface area (Å²) in [6.07, 6.45) is 0.739. The van der Waals surface area contributed by atoms with E-state index in [0.717, 1.165) is 43.3 Å². The number of aromatic amines is 1. The number of imide groups is 1. The molecule has 2 aliphatic heterocycles. The van der Waals surface area contributed by atoms with E-state index in [1.54, 1.807) is 17.8 Å². The van der Waals surface area contributed by atoms with E-state index >= 15 is 0 Å². The molecule has 4 aliphatic rings. The number of ether oxygens (including phenoxy) is 1. The number of thioether (sulfide) groups is 1. The van der Waals surface area contributed by atoms with E-state index in [-0.39, 0.29) is 57.1 Å². The first-order valence-electron chi connectivity index (χ1n) is 15.6. The van der Waals surface area contributed by atoms with Crippen LogP contribution in [0.1, 0.15) is 28.3 Å². The summed E-state index contributed by atoms with van der Waals surface area (Å²) < 4.78 is 30.1. The first-order valence-corrected chi connectivity index (χ1v) is 19.6. The summed E-state index contributed by atoms with van der Waals surface area (Å²) in [7, 11) is -3.87. The van der Waals surface area contributed by atoms with Gasteiger partial charge in [0, 0.05) is 31.8 Å². The van der Waals surface area contributed by atoms with Gasteiger partial charge in [-0.15, -0.1) is 11.8 Å². The number of fused-ring (bicyclic) bond motifs is 9. The molecule has 3 heterocycles. The molecule has 2 bridgehead atoms. The predicted molar refractivity (Wildman–Crippen MR) is 188 cm³/mol. The second kappa shape index (κ2) is 11.9. The Hall–Kier alpha value is -3.76.